The summed E-state index contributed by atoms with van der Waals surface area (Å²) in [5.41, 5.74) is 1.95. The zero-order chi connectivity index (χ0) is 18.9. The Balaban J connectivity index is 1.90. The Hall–Kier alpha value is -2.08. The normalized spacial score (nSPS) is 18.7. The van der Waals surface area contributed by atoms with Crippen molar-refractivity contribution in [3.05, 3.63) is 29.8 Å². The number of carbonyl (C=O) groups excluding carboxylic acids is 1. The van der Waals surface area contributed by atoms with Crippen molar-refractivity contribution >= 4 is 17.6 Å². The van der Waals surface area contributed by atoms with Crippen LogP contribution >= 0.6 is 0 Å². The maximum atomic E-state index is 12.1. The molecule has 144 valence electrons. The van der Waals surface area contributed by atoms with E-state index in [-0.39, 0.29) is 11.8 Å². The molecule has 26 heavy (non-hydrogen) atoms. The molecule has 0 aromatic heterocycles. The van der Waals surface area contributed by atoms with Crippen LogP contribution in [0.2, 0.25) is 0 Å². The van der Waals surface area contributed by atoms with E-state index in [1.165, 1.54) is 0 Å². The van der Waals surface area contributed by atoms with Crippen LogP contribution in [0.25, 0.3) is 0 Å². The largest absolute Gasteiger partial charge is 0.384 e. The number of carbonyl (C=O) groups is 1. The molecule has 0 spiro atoms. The maximum absolute atomic E-state index is 12.1. The van der Waals surface area contributed by atoms with Gasteiger partial charge in [0.2, 0.25) is 5.91 Å². The van der Waals surface area contributed by atoms with Gasteiger partial charge < -0.3 is 20.3 Å². The van der Waals surface area contributed by atoms with Gasteiger partial charge in [-0.1, -0.05) is 26.0 Å². The lowest BCUT2D eigenvalue weighted by molar-refractivity contribution is -0.119. The molecular weight excluding hydrogens is 328 g/mol. The smallest absolute Gasteiger partial charge is 0.227 e. The summed E-state index contributed by atoms with van der Waals surface area (Å²) in [5, 5.41) is 6.42. The van der Waals surface area contributed by atoms with E-state index in [0.29, 0.717) is 12.5 Å². The topological polar surface area (TPSA) is 66.0 Å². The minimum Gasteiger partial charge on any atom is -0.384 e. The number of nitrogens with zero attached hydrogens (tertiary/aromatic N) is 2. The zero-order valence-corrected chi connectivity index (χ0v) is 16.4. The molecule has 2 unspecified atom stereocenters. The Kier molecular flexibility index (Phi) is 7.91. The fourth-order valence-corrected chi connectivity index (χ4v) is 3.12. The third-order valence-electron chi connectivity index (χ3n) is 4.90. The third kappa shape index (κ3) is 5.73. The highest BCUT2D eigenvalue weighted by Gasteiger charge is 2.24. The van der Waals surface area contributed by atoms with E-state index in [9.17, 15) is 4.79 Å². The number of rotatable bonds is 7. The van der Waals surface area contributed by atoms with E-state index >= 15 is 0 Å². The fourth-order valence-electron chi connectivity index (χ4n) is 3.12. The van der Waals surface area contributed by atoms with Crippen molar-refractivity contribution in [2.75, 3.05) is 39.2 Å². The highest BCUT2D eigenvalue weighted by atomic mass is 16.5. The SMILES string of the molecule is CCC(C)C(=O)Nc1cccc(CNC(=NC)N2CCC(COC)C2)c1. The van der Waals surface area contributed by atoms with Crippen LogP contribution in [0.1, 0.15) is 32.3 Å². The second kappa shape index (κ2) is 10.2. The molecule has 1 aromatic carbocycles. The summed E-state index contributed by atoms with van der Waals surface area (Å²) in [7, 11) is 3.57. The van der Waals surface area contributed by atoms with Crippen molar-refractivity contribution in [2.24, 2.45) is 16.8 Å². The van der Waals surface area contributed by atoms with E-state index < -0.39 is 0 Å². The molecule has 1 heterocycles. The lowest BCUT2D eigenvalue weighted by Crippen LogP contribution is -2.39. The van der Waals surface area contributed by atoms with Gasteiger partial charge in [0.05, 0.1) is 6.61 Å². The lowest BCUT2D eigenvalue weighted by Gasteiger charge is -2.22. The number of hydrogen-bond donors (Lipinski definition) is 2. The summed E-state index contributed by atoms with van der Waals surface area (Å²) in [6.07, 6.45) is 1.97. The fraction of sp³-hybridized carbons (Fsp3) is 0.600. The average molecular weight is 361 g/mol. The highest BCUT2D eigenvalue weighted by Crippen LogP contribution is 2.17. The molecule has 1 fully saturated rings. The number of hydrogen-bond acceptors (Lipinski definition) is 3. The number of aliphatic imine (C=N–C) groups is 1. The van der Waals surface area contributed by atoms with Crippen molar-refractivity contribution < 1.29 is 9.53 Å². The molecule has 1 aliphatic heterocycles. The second-order valence-corrected chi connectivity index (χ2v) is 6.96. The van der Waals surface area contributed by atoms with Crippen LogP contribution in [-0.2, 0) is 16.1 Å². The number of nitrogens with one attached hydrogen (secondary N) is 2. The van der Waals surface area contributed by atoms with Gasteiger partial charge in [0.1, 0.15) is 0 Å². The molecule has 1 aliphatic rings. The van der Waals surface area contributed by atoms with Crippen LogP contribution in [0, 0.1) is 11.8 Å². The maximum Gasteiger partial charge on any atom is 0.227 e. The zero-order valence-electron chi connectivity index (χ0n) is 16.4. The predicted octanol–water partition coefficient (Wildman–Crippen LogP) is 2.71. The van der Waals surface area contributed by atoms with Gasteiger partial charge >= 0.3 is 0 Å². The molecule has 6 nitrogen and oxygen atoms in total. The van der Waals surface area contributed by atoms with Gasteiger partial charge in [-0.05, 0) is 30.5 Å². The average Bonchev–Trinajstić information content (AvgIpc) is 3.10. The number of amides is 1. The number of methoxy groups -OCH3 is 1. The number of guanidine groups is 1. The van der Waals surface area contributed by atoms with Crippen molar-refractivity contribution in [1.82, 2.24) is 10.2 Å². The van der Waals surface area contributed by atoms with E-state index in [1.807, 2.05) is 39.1 Å². The van der Waals surface area contributed by atoms with Crippen molar-refractivity contribution in [1.29, 1.82) is 0 Å². The molecule has 0 radical (unpaired) electrons. The second-order valence-electron chi connectivity index (χ2n) is 6.96. The molecule has 0 bridgehead atoms. The monoisotopic (exact) mass is 360 g/mol. The molecule has 0 saturated carbocycles. The minimum atomic E-state index is 0.0193. The van der Waals surface area contributed by atoms with Crippen LogP contribution in [0.5, 0.6) is 0 Å². The summed E-state index contributed by atoms with van der Waals surface area (Å²) in [6, 6.07) is 7.96. The van der Waals surface area contributed by atoms with Gasteiger partial charge in [-0.2, -0.15) is 0 Å². The van der Waals surface area contributed by atoms with Gasteiger partial charge in [-0.25, -0.2) is 0 Å². The summed E-state index contributed by atoms with van der Waals surface area (Å²) < 4.78 is 5.26. The van der Waals surface area contributed by atoms with E-state index in [4.69, 9.17) is 4.74 Å². The Morgan fingerprint density at radius 1 is 1.46 bits per heavy atom. The third-order valence-corrected chi connectivity index (χ3v) is 4.90. The number of ether oxygens (including phenoxy) is 1. The first-order valence-electron chi connectivity index (χ1n) is 9.41. The predicted molar refractivity (Wildman–Crippen MR) is 106 cm³/mol. The van der Waals surface area contributed by atoms with Crippen LogP contribution in [0.3, 0.4) is 0 Å². The first-order chi connectivity index (χ1) is 12.6. The summed E-state index contributed by atoms with van der Waals surface area (Å²) in [6.45, 7) is 7.40. The molecule has 2 atom stereocenters. The van der Waals surface area contributed by atoms with Gasteiger partial charge in [0, 0.05) is 51.3 Å². The van der Waals surface area contributed by atoms with Gasteiger partial charge in [-0.15, -0.1) is 0 Å². The molecule has 2 N–H and O–H groups in total. The van der Waals surface area contributed by atoms with Crippen molar-refractivity contribution in [3.8, 4) is 0 Å². The van der Waals surface area contributed by atoms with E-state index in [1.54, 1.807) is 7.11 Å². The van der Waals surface area contributed by atoms with Crippen molar-refractivity contribution in [2.45, 2.75) is 33.2 Å². The Morgan fingerprint density at radius 3 is 2.96 bits per heavy atom. The molecule has 2 rings (SSSR count). The van der Waals surface area contributed by atoms with Crippen LogP contribution in [0.15, 0.2) is 29.3 Å². The van der Waals surface area contributed by atoms with E-state index in [2.05, 4.69) is 26.6 Å². The number of anilines is 1. The summed E-state index contributed by atoms with van der Waals surface area (Å²) in [4.78, 5) is 18.7. The Labute approximate surface area is 157 Å². The molecular formula is C20H32N4O2. The summed E-state index contributed by atoms with van der Waals surface area (Å²) in [5.74, 6) is 1.57. The highest BCUT2D eigenvalue weighted by molar-refractivity contribution is 5.92. The molecule has 1 saturated heterocycles. The molecule has 6 heteroatoms. The molecule has 1 aromatic rings. The molecule has 0 aliphatic carbocycles. The van der Waals surface area contributed by atoms with Crippen molar-refractivity contribution in [3.63, 3.8) is 0 Å². The number of benzene rings is 1. The van der Waals surface area contributed by atoms with E-state index in [0.717, 1.165) is 49.7 Å². The van der Waals surface area contributed by atoms with Gasteiger partial charge in [0.15, 0.2) is 5.96 Å². The van der Waals surface area contributed by atoms with Crippen LogP contribution in [0.4, 0.5) is 5.69 Å². The first-order valence-corrected chi connectivity index (χ1v) is 9.41. The molecule has 1 amide bonds. The first kappa shape index (κ1) is 20.2. The van der Waals surface area contributed by atoms with Gasteiger partial charge in [0.25, 0.3) is 0 Å². The van der Waals surface area contributed by atoms with Gasteiger partial charge in [-0.3, -0.25) is 9.79 Å². The Morgan fingerprint density at radius 2 is 2.27 bits per heavy atom. The minimum absolute atomic E-state index is 0.0193. The standard InChI is InChI=1S/C20H32N4O2/c1-5-15(2)19(25)23-18-8-6-7-16(11-18)12-22-20(21-3)24-10-9-17(13-24)14-26-4/h6-8,11,15,17H,5,9-10,12-14H2,1-4H3,(H,21,22)(H,23,25). The van der Waals surface area contributed by atoms with Crippen LogP contribution in [-0.4, -0.2) is 50.6 Å². The Bertz CT molecular complexity index is 618. The number of likely N-dealkylation sites (tertiary alicyclic amines) is 1. The van der Waals surface area contributed by atoms with Crippen LogP contribution < -0.4 is 10.6 Å². The quantitative estimate of drug-likeness (QED) is 0.580. The summed E-state index contributed by atoms with van der Waals surface area (Å²) >= 11 is 0. The lowest BCUT2D eigenvalue weighted by atomic mass is 10.1.